The van der Waals surface area contributed by atoms with Gasteiger partial charge in [-0.05, 0) is 30.2 Å². The van der Waals surface area contributed by atoms with Crippen LogP contribution in [-0.2, 0) is 4.79 Å². The van der Waals surface area contributed by atoms with Crippen molar-refractivity contribution in [3.05, 3.63) is 16.8 Å². The van der Waals surface area contributed by atoms with Gasteiger partial charge < -0.3 is 15.7 Å². The minimum atomic E-state index is -0.755. The second kappa shape index (κ2) is 9.36. The Morgan fingerprint density at radius 1 is 1.35 bits per heavy atom. The van der Waals surface area contributed by atoms with Gasteiger partial charge in [-0.3, -0.25) is 4.79 Å². The first-order valence-electron chi connectivity index (χ1n) is 6.90. The van der Waals surface area contributed by atoms with Crippen LogP contribution >= 0.6 is 11.3 Å². The van der Waals surface area contributed by atoms with Crippen LogP contribution in [0.2, 0.25) is 0 Å². The Hall–Kier alpha value is -1.56. The Kier molecular flexibility index (Phi) is 7.72. The van der Waals surface area contributed by atoms with Crippen molar-refractivity contribution in [2.45, 2.75) is 39.0 Å². The molecular weight excluding hydrogens is 276 g/mol. The Balaban J connectivity index is 2.21. The number of carbonyl (C=O) groups excluding carboxylic acids is 1. The van der Waals surface area contributed by atoms with Crippen molar-refractivity contribution in [1.29, 1.82) is 0 Å². The van der Waals surface area contributed by atoms with Crippen LogP contribution in [0.15, 0.2) is 16.8 Å². The van der Waals surface area contributed by atoms with E-state index in [1.807, 2.05) is 16.8 Å². The molecule has 1 rings (SSSR count). The average Bonchev–Trinajstić information content (AvgIpc) is 2.88. The molecule has 1 atom stereocenters. The molecule has 0 saturated carbocycles. The first kappa shape index (κ1) is 16.5. The Bertz CT molecular complexity index is 407. The fourth-order valence-electron chi connectivity index (χ4n) is 2.07. The molecule has 0 saturated heterocycles. The van der Waals surface area contributed by atoms with Crippen LogP contribution in [-0.4, -0.2) is 23.7 Å². The molecule has 0 bridgehead atoms. The molecule has 20 heavy (non-hydrogen) atoms. The normalized spacial score (nSPS) is 11.8. The van der Waals surface area contributed by atoms with Gasteiger partial charge in [-0.1, -0.05) is 19.8 Å². The molecule has 0 aromatic carbocycles. The summed E-state index contributed by atoms with van der Waals surface area (Å²) in [6.45, 7) is 2.66. The maximum absolute atomic E-state index is 11.6. The van der Waals surface area contributed by atoms with E-state index in [1.54, 1.807) is 0 Å². The summed E-state index contributed by atoms with van der Waals surface area (Å²) in [5.41, 5.74) is 0.795. The maximum Gasteiger partial charge on any atom is 0.319 e. The monoisotopic (exact) mass is 298 g/mol. The van der Waals surface area contributed by atoms with Crippen LogP contribution in [0.4, 0.5) is 10.5 Å². The van der Waals surface area contributed by atoms with E-state index in [-0.39, 0.29) is 12.5 Å². The van der Waals surface area contributed by atoms with Gasteiger partial charge in [0.2, 0.25) is 0 Å². The number of anilines is 1. The van der Waals surface area contributed by atoms with E-state index in [0.29, 0.717) is 18.9 Å². The van der Waals surface area contributed by atoms with Gasteiger partial charge in [-0.2, -0.15) is 11.3 Å². The minimum absolute atomic E-state index is 0.200. The maximum atomic E-state index is 11.6. The topological polar surface area (TPSA) is 78.4 Å². The zero-order chi connectivity index (χ0) is 14.8. The van der Waals surface area contributed by atoms with E-state index < -0.39 is 5.97 Å². The summed E-state index contributed by atoms with van der Waals surface area (Å²) in [6, 6.07) is 1.63. The Morgan fingerprint density at radius 2 is 2.15 bits per heavy atom. The molecule has 0 radical (unpaired) electrons. The van der Waals surface area contributed by atoms with Crippen LogP contribution < -0.4 is 10.6 Å². The predicted molar refractivity (Wildman–Crippen MR) is 81.2 cm³/mol. The third-order valence-electron chi connectivity index (χ3n) is 3.08. The number of urea groups is 1. The van der Waals surface area contributed by atoms with Gasteiger partial charge in [0.05, 0.1) is 5.69 Å². The van der Waals surface area contributed by atoms with E-state index in [9.17, 15) is 9.59 Å². The van der Waals surface area contributed by atoms with Crippen LogP contribution in [0.25, 0.3) is 0 Å². The number of carbonyl (C=O) groups is 2. The van der Waals surface area contributed by atoms with E-state index in [0.717, 1.165) is 24.9 Å². The zero-order valence-corrected chi connectivity index (χ0v) is 12.5. The number of aliphatic carboxylic acids is 1. The number of amides is 2. The summed E-state index contributed by atoms with van der Waals surface area (Å²) < 4.78 is 0. The highest BCUT2D eigenvalue weighted by molar-refractivity contribution is 7.08. The van der Waals surface area contributed by atoms with Gasteiger partial charge in [0.25, 0.3) is 0 Å². The molecular formula is C14H22N2O3S. The van der Waals surface area contributed by atoms with Gasteiger partial charge in [0.1, 0.15) is 0 Å². The number of thiophene rings is 1. The molecule has 1 aromatic rings. The fraction of sp³-hybridized carbons (Fsp3) is 0.571. The van der Waals surface area contributed by atoms with E-state index >= 15 is 0 Å². The van der Waals surface area contributed by atoms with Gasteiger partial charge in [-0.25, -0.2) is 4.79 Å². The number of hydrogen-bond donors (Lipinski definition) is 3. The number of carboxylic acid groups (broad SMARTS) is 1. The first-order chi connectivity index (χ1) is 9.61. The highest BCUT2D eigenvalue weighted by Gasteiger charge is 2.11. The zero-order valence-electron chi connectivity index (χ0n) is 11.7. The Morgan fingerprint density at radius 3 is 2.75 bits per heavy atom. The van der Waals surface area contributed by atoms with Crippen LogP contribution in [0.3, 0.4) is 0 Å². The summed E-state index contributed by atoms with van der Waals surface area (Å²) in [4.78, 5) is 22.2. The van der Waals surface area contributed by atoms with Crippen molar-refractivity contribution in [2.75, 3.05) is 11.9 Å². The van der Waals surface area contributed by atoms with Crippen LogP contribution in [0.5, 0.6) is 0 Å². The quantitative estimate of drug-likeness (QED) is 0.652. The van der Waals surface area contributed by atoms with Gasteiger partial charge in [0, 0.05) is 18.3 Å². The summed E-state index contributed by atoms with van der Waals surface area (Å²) in [7, 11) is 0. The summed E-state index contributed by atoms with van der Waals surface area (Å²) in [5.74, 6) is -0.396. The Labute approximate surface area is 123 Å². The van der Waals surface area contributed by atoms with Crippen LogP contribution in [0, 0.1) is 5.92 Å². The third-order valence-corrected chi connectivity index (χ3v) is 3.76. The fourth-order valence-corrected chi connectivity index (χ4v) is 2.66. The predicted octanol–water partition coefficient (Wildman–Crippen LogP) is 3.54. The number of nitrogens with one attached hydrogen (secondary N) is 2. The lowest BCUT2D eigenvalue weighted by Crippen LogP contribution is -2.30. The minimum Gasteiger partial charge on any atom is -0.481 e. The lowest BCUT2D eigenvalue weighted by molar-refractivity contribution is -0.137. The van der Waals surface area contributed by atoms with E-state index in [1.165, 1.54) is 11.3 Å². The van der Waals surface area contributed by atoms with Crippen molar-refractivity contribution in [3.8, 4) is 0 Å². The van der Waals surface area contributed by atoms with Crippen molar-refractivity contribution in [3.63, 3.8) is 0 Å². The molecule has 2 amide bonds. The van der Waals surface area contributed by atoms with Crippen LogP contribution in [0.1, 0.15) is 39.0 Å². The molecule has 0 aliphatic rings. The molecule has 112 valence electrons. The van der Waals surface area contributed by atoms with E-state index in [2.05, 4.69) is 17.6 Å². The lowest BCUT2D eigenvalue weighted by Gasteiger charge is -2.15. The molecule has 5 nitrogen and oxygen atoms in total. The van der Waals surface area contributed by atoms with Crippen molar-refractivity contribution < 1.29 is 14.7 Å². The molecule has 1 unspecified atom stereocenters. The average molecular weight is 298 g/mol. The molecule has 0 spiro atoms. The summed E-state index contributed by atoms with van der Waals surface area (Å²) >= 11 is 1.53. The highest BCUT2D eigenvalue weighted by Crippen LogP contribution is 2.17. The number of hydrogen-bond acceptors (Lipinski definition) is 3. The van der Waals surface area contributed by atoms with Crippen molar-refractivity contribution >= 4 is 29.0 Å². The molecule has 1 aromatic heterocycles. The summed E-state index contributed by atoms with van der Waals surface area (Å²) in [6.07, 6.45) is 3.73. The molecule has 3 N–H and O–H groups in total. The standard InChI is InChI=1S/C14H22N2O3S/c1-2-3-11(4-5-13(17)18)6-8-15-14(19)16-12-7-9-20-10-12/h7,9-11H,2-6,8H2,1H3,(H,17,18)(H2,15,16,19). The van der Waals surface area contributed by atoms with Crippen molar-refractivity contribution in [2.24, 2.45) is 5.92 Å². The summed E-state index contributed by atoms with van der Waals surface area (Å²) in [5, 5.41) is 18.0. The number of rotatable bonds is 9. The molecule has 0 aliphatic heterocycles. The first-order valence-corrected chi connectivity index (χ1v) is 7.85. The van der Waals surface area contributed by atoms with Gasteiger partial charge >= 0.3 is 12.0 Å². The second-order valence-corrected chi connectivity index (χ2v) is 5.55. The van der Waals surface area contributed by atoms with Gasteiger partial charge in [0.15, 0.2) is 0 Å². The largest absolute Gasteiger partial charge is 0.481 e. The van der Waals surface area contributed by atoms with E-state index in [4.69, 9.17) is 5.11 Å². The smallest absolute Gasteiger partial charge is 0.319 e. The lowest BCUT2D eigenvalue weighted by atomic mass is 9.94. The molecule has 1 heterocycles. The second-order valence-electron chi connectivity index (χ2n) is 4.77. The van der Waals surface area contributed by atoms with Crippen molar-refractivity contribution in [1.82, 2.24) is 5.32 Å². The SMILES string of the molecule is CCCC(CCNC(=O)Nc1ccsc1)CCC(=O)O. The third kappa shape index (κ3) is 7.13. The molecule has 0 fully saturated rings. The molecule has 6 heteroatoms. The molecule has 0 aliphatic carbocycles. The number of carboxylic acids is 1. The highest BCUT2D eigenvalue weighted by atomic mass is 32.1. The van der Waals surface area contributed by atoms with Gasteiger partial charge in [-0.15, -0.1) is 0 Å².